The van der Waals surface area contributed by atoms with E-state index in [9.17, 15) is 28.1 Å². The Morgan fingerprint density at radius 1 is 1.00 bits per heavy atom. The Kier molecular flexibility index (Phi) is 9.54. The Bertz CT molecular complexity index is 1470. The van der Waals surface area contributed by atoms with E-state index < -0.39 is 44.9 Å². The second kappa shape index (κ2) is 12.5. The lowest BCUT2D eigenvalue weighted by molar-refractivity contribution is -0.384. The van der Waals surface area contributed by atoms with E-state index in [4.69, 9.17) is 11.6 Å². The van der Waals surface area contributed by atoms with Crippen molar-refractivity contribution in [2.45, 2.75) is 50.7 Å². The second-order valence-corrected chi connectivity index (χ2v) is 12.5. The number of nitro benzene ring substituents is 1. The van der Waals surface area contributed by atoms with Gasteiger partial charge in [-0.15, -0.1) is 0 Å². The molecule has 2 amide bonds. The van der Waals surface area contributed by atoms with Gasteiger partial charge >= 0.3 is 0 Å². The third kappa shape index (κ3) is 7.80. The quantitative estimate of drug-likeness (QED) is 0.269. The molecule has 0 aliphatic heterocycles. The molecule has 0 aromatic heterocycles. The molecule has 3 aromatic carbocycles. The van der Waals surface area contributed by atoms with Crippen LogP contribution in [0.25, 0.3) is 0 Å². The van der Waals surface area contributed by atoms with E-state index in [-0.39, 0.29) is 22.8 Å². The van der Waals surface area contributed by atoms with Crippen LogP contribution in [-0.4, -0.2) is 48.2 Å². The average molecular weight is 587 g/mol. The van der Waals surface area contributed by atoms with Crippen LogP contribution in [0.3, 0.4) is 0 Å². The zero-order valence-corrected chi connectivity index (χ0v) is 24.1. The molecule has 0 aliphatic rings. The minimum Gasteiger partial charge on any atom is -0.350 e. The Hall–Kier alpha value is -3.96. The molecule has 1 atom stereocenters. The highest BCUT2D eigenvalue weighted by molar-refractivity contribution is 7.92. The van der Waals surface area contributed by atoms with Crippen molar-refractivity contribution in [2.24, 2.45) is 0 Å². The molecule has 0 heterocycles. The molecule has 0 radical (unpaired) electrons. The summed E-state index contributed by atoms with van der Waals surface area (Å²) in [5, 5.41) is 14.5. The summed E-state index contributed by atoms with van der Waals surface area (Å²) >= 11 is 6.15. The fourth-order valence-corrected chi connectivity index (χ4v) is 5.53. The first-order valence-corrected chi connectivity index (χ1v) is 14.2. The van der Waals surface area contributed by atoms with Crippen LogP contribution >= 0.6 is 11.6 Å². The van der Waals surface area contributed by atoms with E-state index in [1.807, 2.05) is 20.8 Å². The number of carbonyl (C=O) groups is 2. The molecule has 40 heavy (non-hydrogen) atoms. The van der Waals surface area contributed by atoms with Gasteiger partial charge in [0.15, 0.2) is 0 Å². The van der Waals surface area contributed by atoms with Gasteiger partial charge in [0.25, 0.3) is 15.7 Å². The van der Waals surface area contributed by atoms with E-state index in [2.05, 4.69) is 5.32 Å². The van der Waals surface area contributed by atoms with Crippen LogP contribution in [0.5, 0.6) is 0 Å². The number of non-ortho nitro benzene ring substituents is 1. The van der Waals surface area contributed by atoms with E-state index in [0.29, 0.717) is 10.6 Å². The van der Waals surface area contributed by atoms with E-state index in [1.165, 1.54) is 29.2 Å². The smallest absolute Gasteiger partial charge is 0.269 e. The third-order valence-corrected chi connectivity index (χ3v) is 7.89. The minimum absolute atomic E-state index is 0.0163. The lowest BCUT2D eigenvalue weighted by Crippen LogP contribution is -2.54. The SMILES string of the molecule is C[C@H](C(=O)NC(C)(C)C)N(Cc1cccc(Cl)c1)C(=O)CN(c1ccc([N+](=O)[O-])cc1)S(=O)(=O)c1ccccc1. The summed E-state index contributed by atoms with van der Waals surface area (Å²) < 4.78 is 28.3. The maximum Gasteiger partial charge on any atom is 0.269 e. The molecule has 3 rings (SSSR count). The predicted molar refractivity (Wildman–Crippen MR) is 153 cm³/mol. The standard InChI is InChI=1S/C28H31ClN4O6S/c1-20(27(35)30-28(2,3)4)31(18-21-9-8-10-22(29)17-21)26(34)19-32(23-13-15-24(16-14-23)33(36)37)40(38,39)25-11-6-5-7-12-25/h5-17,20H,18-19H2,1-4H3,(H,30,35)/t20-/m1/s1. The molecule has 12 heteroatoms. The number of halogens is 1. The predicted octanol–water partition coefficient (Wildman–Crippen LogP) is 4.78. The summed E-state index contributed by atoms with van der Waals surface area (Å²) in [6.45, 7) is 6.31. The molecule has 0 aliphatic carbocycles. The molecule has 0 saturated carbocycles. The first-order valence-electron chi connectivity index (χ1n) is 12.4. The van der Waals surface area contributed by atoms with Crippen LogP contribution in [0.4, 0.5) is 11.4 Å². The molecule has 0 bridgehead atoms. The van der Waals surface area contributed by atoms with Crippen LogP contribution in [-0.2, 0) is 26.2 Å². The maximum atomic E-state index is 13.9. The molecule has 0 saturated heterocycles. The van der Waals surface area contributed by atoms with Gasteiger partial charge in [0, 0.05) is 29.2 Å². The zero-order chi connectivity index (χ0) is 29.7. The Morgan fingerprint density at radius 2 is 1.62 bits per heavy atom. The maximum absolute atomic E-state index is 13.9. The van der Waals surface area contributed by atoms with Gasteiger partial charge in [-0.1, -0.05) is 41.9 Å². The molecular formula is C28H31ClN4O6S. The molecule has 10 nitrogen and oxygen atoms in total. The molecular weight excluding hydrogens is 556 g/mol. The van der Waals surface area contributed by atoms with Gasteiger partial charge in [-0.3, -0.25) is 24.0 Å². The molecule has 3 aromatic rings. The third-order valence-electron chi connectivity index (χ3n) is 5.87. The van der Waals surface area contributed by atoms with Crippen LogP contribution in [0.15, 0.2) is 83.8 Å². The van der Waals surface area contributed by atoms with Gasteiger partial charge in [-0.2, -0.15) is 0 Å². The first kappa shape index (κ1) is 30.6. The van der Waals surface area contributed by atoms with Gasteiger partial charge in [0.1, 0.15) is 12.6 Å². The Labute approximate surface area is 238 Å². The number of amides is 2. The molecule has 212 valence electrons. The van der Waals surface area contributed by atoms with E-state index in [0.717, 1.165) is 16.4 Å². The van der Waals surface area contributed by atoms with Crippen molar-refractivity contribution >= 4 is 44.8 Å². The summed E-state index contributed by atoms with van der Waals surface area (Å²) in [5.74, 6) is -1.08. The van der Waals surface area contributed by atoms with E-state index in [1.54, 1.807) is 49.4 Å². The van der Waals surface area contributed by atoms with Crippen molar-refractivity contribution in [1.29, 1.82) is 0 Å². The topological polar surface area (TPSA) is 130 Å². The summed E-state index contributed by atoms with van der Waals surface area (Å²) in [4.78, 5) is 38.8. The summed E-state index contributed by atoms with van der Waals surface area (Å²) in [5.41, 5.74) is -0.110. The fourth-order valence-electron chi connectivity index (χ4n) is 3.88. The first-order chi connectivity index (χ1) is 18.7. The van der Waals surface area contributed by atoms with Gasteiger partial charge in [0.05, 0.1) is 15.5 Å². The highest BCUT2D eigenvalue weighted by atomic mass is 35.5. The van der Waals surface area contributed by atoms with Crippen molar-refractivity contribution in [2.75, 3.05) is 10.8 Å². The minimum atomic E-state index is -4.28. The number of nitro groups is 1. The van der Waals surface area contributed by atoms with Crippen LogP contribution in [0.1, 0.15) is 33.3 Å². The largest absolute Gasteiger partial charge is 0.350 e. The number of sulfonamides is 1. The highest BCUT2D eigenvalue weighted by Crippen LogP contribution is 2.26. The molecule has 0 fully saturated rings. The molecule has 0 spiro atoms. The van der Waals surface area contributed by atoms with Crippen molar-refractivity contribution in [3.05, 3.63) is 99.6 Å². The van der Waals surface area contributed by atoms with Gasteiger partial charge < -0.3 is 10.2 Å². The Balaban J connectivity index is 2.05. The average Bonchev–Trinajstić information content (AvgIpc) is 2.89. The number of hydrogen-bond acceptors (Lipinski definition) is 6. The van der Waals surface area contributed by atoms with Crippen molar-refractivity contribution in [1.82, 2.24) is 10.2 Å². The van der Waals surface area contributed by atoms with Crippen LogP contribution < -0.4 is 9.62 Å². The van der Waals surface area contributed by atoms with Crippen LogP contribution in [0.2, 0.25) is 5.02 Å². The number of rotatable bonds is 10. The number of anilines is 1. The lowest BCUT2D eigenvalue weighted by Gasteiger charge is -2.33. The summed E-state index contributed by atoms with van der Waals surface area (Å²) in [6.07, 6.45) is 0. The second-order valence-electron chi connectivity index (χ2n) is 10.2. The van der Waals surface area contributed by atoms with Gasteiger partial charge in [-0.25, -0.2) is 8.42 Å². The van der Waals surface area contributed by atoms with Gasteiger partial charge in [0.2, 0.25) is 11.8 Å². The summed E-state index contributed by atoms with van der Waals surface area (Å²) in [6, 6.07) is 18.2. The zero-order valence-electron chi connectivity index (χ0n) is 22.6. The molecule has 0 unspecified atom stereocenters. The van der Waals surface area contributed by atoms with Crippen molar-refractivity contribution < 1.29 is 22.9 Å². The summed E-state index contributed by atoms with van der Waals surface area (Å²) in [7, 11) is -4.28. The number of nitrogens with one attached hydrogen (secondary N) is 1. The van der Waals surface area contributed by atoms with E-state index >= 15 is 0 Å². The normalized spacial score (nSPS) is 12.3. The fraction of sp³-hybridized carbons (Fsp3) is 0.286. The number of carbonyl (C=O) groups excluding carboxylic acids is 2. The highest BCUT2D eigenvalue weighted by Gasteiger charge is 2.33. The number of nitrogens with zero attached hydrogens (tertiary/aromatic N) is 3. The Morgan fingerprint density at radius 3 is 2.17 bits per heavy atom. The van der Waals surface area contributed by atoms with Crippen molar-refractivity contribution in [3.63, 3.8) is 0 Å². The van der Waals surface area contributed by atoms with Crippen molar-refractivity contribution in [3.8, 4) is 0 Å². The number of hydrogen-bond donors (Lipinski definition) is 1. The monoisotopic (exact) mass is 586 g/mol. The number of benzene rings is 3. The van der Waals surface area contributed by atoms with Crippen LogP contribution in [0, 0.1) is 10.1 Å². The molecule has 1 N–H and O–H groups in total. The lowest BCUT2D eigenvalue weighted by atomic mass is 10.1. The van der Waals surface area contributed by atoms with Gasteiger partial charge in [-0.05, 0) is 69.7 Å².